The van der Waals surface area contributed by atoms with Gasteiger partial charge in [-0.25, -0.2) is 13.4 Å². The number of amides is 1. The molecule has 132 valence electrons. The van der Waals surface area contributed by atoms with Crippen LogP contribution in [0.1, 0.15) is 18.4 Å². The molecule has 1 atom stereocenters. The minimum Gasteiger partial charge on any atom is -0.309 e. The van der Waals surface area contributed by atoms with Crippen molar-refractivity contribution < 1.29 is 13.2 Å². The van der Waals surface area contributed by atoms with Crippen molar-refractivity contribution >= 4 is 33.3 Å². The summed E-state index contributed by atoms with van der Waals surface area (Å²) in [5, 5.41) is 3.20. The summed E-state index contributed by atoms with van der Waals surface area (Å²) in [6, 6.07) is 8.81. The van der Waals surface area contributed by atoms with Gasteiger partial charge in [-0.3, -0.25) is 4.79 Å². The van der Waals surface area contributed by atoms with Crippen molar-refractivity contribution in [3.05, 3.63) is 53.2 Å². The van der Waals surface area contributed by atoms with Crippen LogP contribution >= 0.6 is 11.6 Å². The molecule has 1 saturated heterocycles. The van der Waals surface area contributed by atoms with Crippen molar-refractivity contribution in [1.29, 1.82) is 0 Å². The van der Waals surface area contributed by atoms with E-state index in [4.69, 9.17) is 11.6 Å². The van der Waals surface area contributed by atoms with Crippen molar-refractivity contribution in [2.24, 2.45) is 0 Å². The van der Waals surface area contributed by atoms with E-state index in [1.807, 2.05) is 13.0 Å². The zero-order valence-electron chi connectivity index (χ0n) is 13.6. The van der Waals surface area contributed by atoms with Crippen LogP contribution in [0, 0.1) is 6.92 Å². The maximum atomic E-state index is 12.9. The molecule has 0 bridgehead atoms. The number of carbonyl (C=O) groups is 1. The molecule has 1 N–H and O–H groups in total. The zero-order chi connectivity index (χ0) is 18.0. The number of anilines is 1. The molecule has 2 aromatic rings. The fourth-order valence-electron chi connectivity index (χ4n) is 2.85. The first-order chi connectivity index (χ1) is 11.9. The SMILES string of the molecule is Cc1cccnc1NC(=O)[C@@H]1CCCN1S(=O)(=O)c1ccc(Cl)cc1. The van der Waals surface area contributed by atoms with Gasteiger partial charge in [-0.1, -0.05) is 17.7 Å². The van der Waals surface area contributed by atoms with Crippen LogP contribution in [-0.4, -0.2) is 36.2 Å². The Balaban J connectivity index is 1.83. The first-order valence-electron chi connectivity index (χ1n) is 7.89. The largest absolute Gasteiger partial charge is 0.309 e. The molecule has 0 radical (unpaired) electrons. The summed E-state index contributed by atoms with van der Waals surface area (Å²) in [6.45, 7) is 2.14. The second-order valence-electron chi connectivity index (χ2n) is 5.89. The average Bonchev–Trinajstić information content (AvgIpc) is 3.08. The Labute approximate surface area is 151 Å². The van der Waals surface area contributed by atoms with E-state index in [-0.39, 0.29) is 10.8 Å². The van der Waals surface area contributed by atoms with Crippen LogP contribution in [-0.2, 0) is 14.8 Å². The number of carbonyl (C=O) groups excluding carboxylic acids is 1. The molecular weight excluding hydrogens is 362 g/mol. The number of nitrogens with one attached hydrogen (secondary N) is 1. The highest BCUT2D eigenvalue weighted by Gasteiger charge is 2.39. The summed E-state index contributed by atoms with van der Waals surface area (Å²) >= 11 is 5.83. The van der Waals surface area contributed by atoms with E-state index >= 15 is 0 Å². The van der Waals surface area contributed by atoms with Gasteiger partial charge in [-0.2, -0.15) is 4.31 Å². The standard InChI is InChI=1S/C17H18ClN3O3S/c1-12-4-2-10-19-16(12)20-17(22)15-5-3-11-21(15)25(23,24)14-8-6-13(18)7-9-14/h2,4,6-10,15H,3,5,11H2,1H3,(H,19,20,22)/t15-/m0/s1. The minimum atomic E-state index is -3.76. The van der Waals surface area contributed by atoms with Gasteiger partial charge in [0.2, 0.25) is 15.9 Å². The second kappa shape index (κ2) is 7.11. The minimum absolute atomic E-state index is 0.130. The van der Waals surface area contributed by atoms with E-state index in [2.05, 4.69) is 10.3 Å². The number of aryl methyl sites for hydroxylation is 1. The number of nitrogens with zero attached hydrogens (tertiary/aromatic N) is 2. The Bertz CT molecular complexity index is 884. The van der Waals surface area contributed by atoms with Crippen molar-refractivity contribution in [2.75, 3.05) is 11.9 Å². The molecular formula is C17H18ClN3O3S. The van der Waals surface area contributed by atoms with Gasteiger partial charge in [0, 0.05) is 17.8 Å². The maximum absolute atomic E-state index is 12.9. The fourth-order valence-corrected chi connectivity index (χ4v) is 4.63. The summed E-state index contributed by atoms with van der Waals surface area (Å²) in [4.78, 5) is 16.9. The van der Waals surface area contributed by atoms with Crippen molar-refractivity contribution in [1.82, 2.24) is 9.29 Å². The third kappa shape index (κ3) is 3.68. The molecule has 2 heterocycles. The van der Waals surface area contributed by atoms with Crippen LogP contribution in [0.25, 0.3) is 0 Å². The van der Waals surface area contributed by atoms with Gasteiger partial charge >= 0.3 is 0 Å². The average molecular weight is 380 g/mol. The van der Waals surface area contributed by atoms with Crippen LogP contribution in [0.2, 0.25) is 5.02 Å². The third-order valence-electron chi connectivity index (χ3n) is 4.18. The number of sulfonamides is 1. The molecule has 25 heavy (non-hydrogen) atoms. The predicted octanol–water partition coefficient (Wildman–Crippen LogP) is 2.84. The zero-order valence-corrected chi connectivity index (χ0v) is 15.2. The Morgan fingerprint density at radius 2 is 2.00 bits per heavy atom. The maximum Gasteiger partial charge on any atom is 0.243 e. The Hall–Kier alpha value is -1.96. The lowest BCUT2D eigenvalue weighted by Gasteiger charge is -2.23. The van der Waals surface area contributed by atoms with Crippen LogP contribution < -0.4 is 5.32 Å². The van der Waals surface area contributed by atoms with E-state index in [9.17, 15) is 13.2 Å². The van der Waals surface area contributed by atoms with Crippen LogP contribution in [0.5, 0.6) is 0 Å². The number of halogens is 1. The quantitative estimate of drug-likeness (QED) is 0.885. The van der Waals surface area contributed by atoms with Gasteiger partial charge in [0.05, 0.1) is 4.90 Å². The van der Waals surface area contributed by atoms with Crippen LogP contribution in [0.15, 0.2) is 47.5 Å². The summed E-state index contributed by atoms with van der Waals surface area (Å²) in [6.07, 6.45) is 2.69. The molecule has 8 heteroatoms. The topological polar surface area (TPSA) is 79.4 Å². The molecule has 0 unspecified atom stereocenters. The highest BCUT2D eigenvalue weighted by atomic mass is 35.5. The number of rotatable bonds is 4. The summed E-state index contributed by atoms with van der Waals surface area (Å²) in [5.41, 5.74) is 0.820. The normalized spacial score (nSPS) is 18.2. The highest BCUT2D eigenvalue weighted by molar-refractivity contribution is 7.89. The summed E-state index contributed by atoms with van der Waals surface area (Å²) < 4.78 is 27.0. The Kier molecular flexibility index (Phi) is 5.08. The molecule has 1 aromatic carbocycles. The van der Waals surface area contributed by atoms with E-state index in [0.717, 1.165) is 5.56 Å². The van der Waals surface area contributed by atoms with Crippen LogP contribution in [0.4, 0.5) is 5.82 Å². The highest BCUT2D eigenvalue weighted by Crippen LogP contribution is 2.27. The lowest BCUT2D eigenvalue weighted by Crippen LogP contribution is -2.43. The van der Waals surface area contributed by atoms with Gasteiger partial charge in [0.15, 0.2) is 0 Å². The van der Waals surface area contributed by atoms with Gasteiger partial charge in [-0.15, -0.1) is 0 Å². The molecule has 3 rings (SSSR count). The Morgan fingerprint density at radius 1 is 1.28 bits per heavy atom. The monoisotopic (exact) mass is 379 g/mol. The molecule has 6 nitrogen and oxygen atoms in total. The molecule has 1 aromatic heterocycles. The molecule has 0 aliphatic carbocycles. The van der Waals surface area contributed by atoms with Crippen LogP contribution in [0.3, 0.4) is 0 Å². The van der Waals surface area contributed by atoms with E-state index < -0.39 is 16.1 Å². The van der Waals surface area contributed by atoms with Crippen molar-refractivity contribution in [3.63, 3.8) is 0 Å². The van der Waals surface area contributed by atoms with E-state index in [0.29, 0.717) is 30.2 Å². The molecule has 0 saturated carbocycles. The molecule has 1 aliphatic heterocycles. The van der Waals surface area contributed by atoms with Crippen molar-refractivity contribution in [2.45, 2.75) is 30.7 Å². The lowest BCUT2D eigenvalue weighted by atomic mass is 10.2. The Morgan fingerprint density at radius 3 is 2.68 bits per heavy atom. The van der Waals surface area contributed by atoms with Gasteiger partial charge in [-0.05, 0) is 55.7 Å². The van der Waals surface area contributed by atoms with Gasteiger partial charge in [0.1, 0.15) is 11.9 Å². The summed E-state index contributed by atoms with van der Waals surface area (Å²) in [5.74, 6) is 0.0834. The molecule has 1 fully saturated rings. The number of hydrogen-bond donors (Lipinski definition) is 1. The van der Waals surface area contributed by atoms with E-state index in [1.54, 1.807) is 12.3 Å². The second-order valence-corrected chi connectivity index (χ2v) is 8.21. The fraction of sp³-hybridized carbons (Fsp3) is 0.294. The molecule has 1 amide bonds. The van der Waals surface area contributed by atoms with E-state index in [1.165, 1.54) is 28.6 Å². The van der Waals surface area contributed by atoms with Crippen molar-refractivity contribution in [3.8, 4) is 0 Å². The first-order valence-corrected chi connectivity index (χ1v) is 9.71. The summed E-state index contributed by atoms with van der Waals surface area (Å²) in [7, 11) is -3.76. The van der Waals surface area contributed by atoms with Gasteiger partial charge < -0.3 is 5.32 Å². The first kappa shape index (κ1) is 17.8. The number of aromatic nitrogens is 1. The van der Waals surface area contributed by atoms with Gasteiger partial charge in [0.25, 0.3) is 0 Å². The smallest absolute Gasteiger partial charge is 0.243 e. The lowest BCUT2D eigenvalue weighted by molar-refractivity contribution is -0.119. The molecule has 1 aliphatic rings. The third-order valence-corrected chi connectivity index (χ3v) is 6.35. The number of hydrogen-bond acceptors (Lipinski definition) is 4. The number of benzene rings is 1. The predicted molar refractivity (Wildman–Crippen MR) is 96.0 cm³/mol. The molecule has 0 spiro atoms. The number of pyridine rings is 1.